The van der Waals surface area contributed by atoms with Crippen molar-refractivity contribution in [2.45, 2.75) is 26.2 Å². The molecule has 0 atom stereocenters. The number of halogens is 1. The van der Waals surface area contributed by atoms with Crippen LogP contribution in [0.5, 0.6) is 0 Å². The maximum absolute atomic E-state index is 11.6. The van der Waals surface area contributed by atoms with Crippen LogP contribution >= 0.6 is 11.6 Å². The molecule has 1 aromatic carbocycles. The number of amides is 1. The highest BCUT2D eigenvalue weighted by Crippen LogP contribution is 2.15. The topological polar surface area (TPSA) is 55.4 Å². The number of ether oxygens (including phenoxy) is 1. The van der Waals surface area contributed by atoms with Gasteiger partial charge in [0.1, 0.15) is 0 Å². The third-order valence-corrected chi connectivity index (χ3v) is 2.43. The molecule has 1 aromatic rings. The SMILES string of the molecule is CCOC(=O)CCCC(=O)Nc1cccc(Cl)c1. The van der Waals surface area contributed by atoms with Crippen molar-refractivity contribution in [2.24, 2.45) is 0 Å². The van der Waals surface area contributed by atoms with Crippen LogP contribution in [0.2, 0.25) is 5.02 Å². The number of hydrogen-bond donors (Lipinski definition) is 1. The first kappa shape index (κ1) is 14.5. The molecule has 1 rings (SSSR count). The highest BCUT2D eigenvalue weighted by molar-refractivity contribution is 6.30. The van der Waals surface area contributed by atoms with Crippen LogP contribution in [-0.4, -0.2) is 18.5 Å². The summed E-state index contributed by atoms with van der Waals surface area (Å²) < 4.78 is 4.77. The predicted molar refractivity (Wildman–Crippen MR) is 70.6 cm³/mol. The van der Waals surface area contributed by atoms with E-state index in [1.165, 1.54) is 0 Å². The number of carbonyl (C=O) groups excluding carboxylic acids is 2. The number of carbonyl (C=O) groups is 2. The normalized spacial score (nSPS) is 9.89. The Kier molecular flexibility index (Phi) is 6.22. The summed E-state index contributed by atoms with van der Waals surface area (Å²) in [6.07, 6.45) is 1.02. The van der Waals surface area contributed by atoms with Crippen LogP contribution in [0.1, 0.15) is 26.2 Å². The molecule has 98 valence electrons. The highest BCUT2D eigenvalue weighted by atomic mass is 35.5. The molecule has 0 aliphatic heterocycles. The van der Waals surface area contributed by atoms with Crippen molar-refractivity contribution in [1.29, 1.82) is 0 Å². The van der Waals surface area contributed by atoms with Crippen LogP contribution in [0, 0.1) is 0 Å². The molecule has 1 N–H and O–H groups in total. The monoisotopic (exact) mass is 269 g/mol. The maximum Gasteiger partial charge on any atom is 0.305 e. The summed E-state index contributed by atoms with van der Waals surface area (Å²) in [5.74, 6) is -0.408. The minimum atomic E-state index is -0.270. The van der Waals surface area contributed by atoms with E-state index >= 15 is 0 Å². The molecule has 0 aromatic heterocycles. The van der Waals surface area contributed by atoms with Gasteiger partial charge in [-0.1, -0.05) is 17.7 Å². The molecule has 0 saturated carbocycles. The minimum absolute atomic E-state index is 0.137. The van der Waals surface area contributed by atoms with Crippen LogP contribution in [0.15, 0.2) is 24.3 Å². The van der Waals surface area contributed by atoms with Gasteiger partial charge in [0.05, 0.1) is 6.61 Å². The van der Waals surface area contributed by atoms with Gasteiger partial charge in [0, 0.05) is 23.6 Å². The van der Waals surface area contributed by atoms with Gasteiger partial charge in [-0.3, -0.25) is 9.59 Å². The molecule has 5 heteroatoms. The van der Waals surface area contributed by atoms with Gasteiger partial charge in [-0.05, 0) is 31.5 Å². The van der Waals surface area contributed by atoms with Gasteiger partial charge in [0.2, 0.25) is 5.91 Å². The van der Waals surface area contributed by atoms with E-state index in [1.54, 1.807) is 31.2 Å². The number of hydrogen-bond acceptors (Lipinski definition) is 3. The Labute approximate surface area is 111 Å². The first-order chi connectivity index (χ1) is 8.61. The van der Waals surface area contributed by atoms with E-state index in [0.29, 0.717) is 23.7 Å². The smallest absolute Gasteiger partial charge is 0.305 e. The van der Waals surface area contributed by atoms with Crippen molar-refractivity contribution in [3.63, 3.8) is 0 Å². The minimum Gasteiger partial charge on any atom is -0.466 e. The average Bonchev–Trinajstić information content (AvgIpc) is 2.29. The molecule has 0 spiro atoms. The second-order valence-corrected chi connectivity index (χ2v) is 4.15. The van der Waals surface area contributed by atoms with Gasteiger partial charge in [-0.15, -0.1) is 0 Å². The van der Waals surface area contributed by atoms with Gasteiger partial charge in [0.15, 0.2) is 0 Å². The summed E-state index contributed by atoms with van der Waals surface area (Å²) in [6, 6.07) is 6.93. The molecule has 0 aliphatic carbocycles. The van der Waals surface area contributed by atoms with E-state index in [1.807, 2.05) is 0 Å². The number of anilines is 1. The van der Waals surface area contributed by atoms with Crippen molar-refractivity contribution in [3.05, 3.63) is 29.3 Å². The zero-order valence-electron chi connectivity index (χ0n) is 10.2. The molecule has 18 heavy (non-hydrogen) atoms. The van der Waals surface area contributed by atoms with Crippen molar-refractivity contribution in [2.75, 3.05) is 11.9 Å². The van der Waals surface area contributed by atoms with E-state index < -0.39 is 0 Å². The Morgan fingerprint density at radius 3 is 2.78 bits per heavy atom. The van der Waals surface area contributed by atoms with Crippen molar-refractivity contribution in [3.8, 4) is 0 Å². The second kappa shape index (κ2) is 7.71. The molecule has 0 bridgehead atoms. The lowest BCUT2D eigenvalue weighted by atomic mass is 10.2. The second-order valence-electron chi connectivity index (χ2n) is 3.72. The van der Waals surface area contributed by atoms with Gasteiger partial charge in [0.25, 0.3) is 0 Å². The van der Waals surface area contributed by atoms with Gasteiger partial charge < -0.3 is 10.1 Å². The molecule has 0 fully saturated rings. The molecular weight excluding hydrogens is 254 g/mol. The van der Waals surface area contributed by atoms with Gasteiger partial charge in [-0.25, -0.2) is 0 Å². The zero-order chi connectivity index (χ0) is 13.4. The highest BCUT2D eigenvalue weighted by Gasteiger charge is 2.06. The van der Waals surface area contributed by atoms with Gasteiger partial charge in [-0.2, -0.15) is 0 Å². The standard InChI is InChI=1S/C13H16ClNO3/c1-2-18-13(17)8-4-7-12(16)15-11-6-3-5-10(14)9-11/h3,5-6,9H,2,4,7-8H2,1H3,(H,15,16). The quantitative estimate of drug-likeness (QED) is 0.808. The number of nitrogens with one attached hydrogen (secondary N) is 1. The Morgan fingerprint density at radius 2 is 2.11 bits per heavy atom. The molecule has 0 heterocycles. The Bertz CT molecular complexity index is 420. The van der Waals surface area contributed by atoms with E-state index in [4.69, 9.17) is 16.3 Å². The molecule has 4 nitrogen and oxygen atoms in total. The fourth-order valence-electron chi connectivity index (χ4n) is 1.42. The Morgan fingerprint density at radius 1 is 1.33 bits per heavy atom. The van der Waals surface area contributed by atoms with E-state index in [9.17, 15) is 9.59 Å². The third kappa shape index (κ3) is 5.68. The van der Waals surface area contributed by atoms with E-state index in [0.717, 1.165) is 0 Å². The van der Waals surface area contributed by atoms with Gasteiger partial charge >= 0.3 is 5.97 Å². The first-order valence-corrected chi connectivity index (χ1v) is 6.20. The molecule has 0 aliphatic rings. The molecule has 0 saturated heterocycles. The average molecular weight is 270 g/mol. The largest absolute Gasteiger partial charge is 0.466 e. The number of esters is 1. The predicted octanol–water partition coefficient (Wildman–Crippen LogP) is 3.01. The van der Waals surface area contributed by atoms with Crippen LogP contribution < -0.4 is 5.32 Å². The third-order valence-electron chi connectivity index (χ3n) is 2.20. The Balaban J connectivity index is 2.28. The van der Waals surface area contributed by atoms with Crippen molar-refractivity contribution >= 4 is 29.2 Å². The molecule has 0 unspecified atom stereocenters. The number of benzene rings is 1. The summed E-state index contributed by atoms with van der Waals surface area (Å²) in [7, 11) is 0. The Hall–Kier alpha value is -1.55. The summed E-state index contributed by atoms with van der Waals surface area (Å²) in [6.45, 7) is 2.12. The number of rotatable bonds is 6. The fourth-order valence-corrected chi connectivity index (χ4v) is 1.61. The summed E-state index contributed by atoms with van der Waals surface area (Å²) in [5, 5.41) is 3.28. The zero-order valence-corrected chi connectivity index (χ0v) is 11.0. The van der Waals surface area contributed by atoms with Crippen molar-refractivity contribution in [1.82, 2.24) is 0 Å². The summed E-state index contributed by atoms with van der Waals surface area (Å²) >= 11 is 5.80. The van der Waals surface area contributed by atoms with Crippen LogP contribution in [0.3, 0.4) is 0 Å². The summed E-state index contributed by atoms with van der Waals surface area (Å²) in [4.78, 5) is 22.6. The van der Waals surface area contributed by atoms with Crippen LogP contribution in [0.25, 0.3) is 0 Å². The first-order valence-electron chi connectivity index (χ1n) is 5.83. The van der Waals surface area contributed by atoms with E-state index in [2.05, 4.69) is 5.32 Å². The molecular formula is C13H16ClNO3. The van der Waals surface area contributed by atoms with Crippen molar-refractivity contribution < 1.29 is 14.3 Å². The molecule has 0 radical (unpaired) electrons. The lowest BCUT2D eigenvalue weighted by Gasteiger charge is -2.05. The molecule has 1 amide bonds. The van der Waals surface area contributed by atoms with Crippen LogP contribution in [-0.2, 0) is 14.3 Å². The van der Waals surface area contributed by atoms with E-state index in [-0.39, 0.29) is 24.7 Å². The lowest BCUT2D eigenvalue weighted by Crippen LogP contribution is -2.12. The maximum atomic E-state index is 11.6. The lowest BCUT2D eigenvalue weighted by molar-refractivity contribution is -0.143. The summed E-state index contributed by atoms with van der Waals surface area (Å²) in [5.41, 5.74) is 0.656. The van der Waals surface area contributed by atoms with Crippen LogP contribution in [0.4, 0.5) is 5.69 Å². The fraction of sp³-hybridized carbons (Fsp3) is 0.385.